The number of nitrogen functional groups attached to an aromatic ring is 1. The van der Waals surface area contributed by atoms with E-state index in [4.69, 9.17) is 10.5 Å². The zero-order chi connectivity index (χ0) is 19.1. The molecule has 0 unspecified atom stereocenters. The Morgan fingerprint density at radius 2 is 2.07 bits per heavy atom. The van der Waals surface area contributed by atoms with Crippen molar-refractivity contribution in [1.29, 1.82) is 0 Å². The molecule has 0 amide bonds. The molecule has 1 atom stereocenters. The molecule has 4 aromatic rings. The highest BCUT2D eigenvalue weighted by Gasteiger charge is 2.22. The number of hydrogen-bond acceptors (Lipinski definition) is 6. The second-order valence-corrected chi connectivity index (χ2v) is 6.59. The maximum Gasteiger partial charge on any atom is 0.237 e. The number of rotatable bonds is 3. The molecule has 0 spiro atoms. The fourth-order valence-corrected chi connectivity index (χ4v) is 3.41. The lowest BCUT2D eigenvalue weighted by Crippen LogP contribution is -2.21. The van der Waals surface area contributed by atoms with Gasteiger partial charge in [-0.05, 0) is 18.2 Å². The Morgan fingerprint density at radius 1 is 1.18 bits per heavy atom. The van der Waals surface area contributed by atoms with Crippen LogP contribution >= 0.6 is 0 Å². The topological polar surface area (TPSA) is 90.9 Å². The lowest BCUT2D eigenvalue weighted by atomic mass is 10.0. The number of nitrogens with two attached hydrogens (primary N) is 1. The van der Waals surface area contributed by atoms with Crippen molar-refractivity contribution in [2.45, 2.75) is 12.5 Å². The van der Waals surface area contributed by atoms with E-state index in [9.17, 15) is 4.39 Å². The third-order valence-electron chi connectivity index (χ3n) is 4.80. The van der Waals surface area contributed by atoms with Crippen LogP contribution in [0.15, 0.2) is 55.0 Å². The van der Waals surface area contributed by atoms with E-state index in [2.05, 4.69) is 20.3 Å². The van der Waals surface area contributed by atoms with Crippen LogP contribution in [0, 0.1) is 5.82 Å². The number of aromatic nitrogens is 4. The molecular formula is C20H17FN6O. The minimum Gasteiger partial charge on any atom is -0.493 e. The molecule has 3 heterocycles. The zero-order valence-electron chi connectivity index (χ0n) is 14.8. The molecule has 8 heteroatoms. The summed E-state index contributed by atoms with van der Waals surface area (Å²) in [6.45, 7) is 0.609. The lowest BCUT2D eigenvalue weighted by molar-refractivity contribution is 0.274. The third kappa shape index (κ3) is 2.79. The van der Waals surface area contributed by atoms with Crippen LogP contribution in [-0.2, 0) is 0 Å². The first-order valence-electron chi connectivity index (χ1n) is 8.93. The van der Waals surface area contributed by atoms with Crippen molar-refractivity contribution >= 4 is 22.5 Å². The van der Waals surface area contributed by atoms with Crippen LogP contribution in [0.3, 0.4) is 0 Å². The molecule has 3 N–H and O–H groups in total. The smallest absolute Gasteiger partial charge is 0.237 e. The van der Waals surface area contributed by atoms with Crippen molar-refractivity contribution in [3.05, 3.63) is 66.4 Å². The Bertz CT molecular complexity index is 1170. The van der Waals surface area contributed by atoms with Gasteiger partial charge in [-0.1, -0.05) is 18.2 Å². The summed E-state index contributed by atoms with van der Waals surface area (Å²) in [5, 5.41) is 3.40. The average Bonchev–Trinajstić information content (AvgIpc) is 3.13. The first-order chi connectivity index (χ1) is 13.7. The minimum absolute atomic E-state index is 0.0203. The van der Waals surface area contributed by atoms with Crippen molar-refractivity contribution in [2.75, 3.05) is 17.7 Å². The summed E-state index contributed by atoms with van der Waals surface area (Å²) in [4.78, 5) is 13.2. The Morgan fingerprint density at radius 3 is 3.00 bits per heavy atom. The number of hydrogen-bond donors (Lipinski definition) is 2. The Hall–Kier alpha value is -3.68. The van der Waals surface area contributed by atoms with Crippen LogP contribution < -0.4 is 15.8 Å². The van der Waals surface area contributed by atoms with Crippen LogP contribution in [0.5, 0.6) is 5.75 Å². The molecule has 0 aliphatic carbocycles. The lowest BCUT2D eigenvalue weighted by Gasteiger charge is -2.27. The maximum atomic E-state index is 13.7. The van der Waals surface area contributed by atoms with Crippen molar-refractivity contribution < 1.29 is 9.13 Å². The second kappa shape index (κ2) is 6.49. The molecule has 2 aromatic carbocycles. The first-order valence-corrected chi connectivity index (χ1v) is 8.93. The van der Waals surface area contributed by atoms with Gasteiger partial charge in [-0.3, -0.25) is 4.57 Å². The number of imidazole rings is 1. The number of nitrogens with zero attached hydrogens (tertiary/aromatic N) is 4. The number of anilines is 2. The molecule has 0 fully saturated rings. The molecule has 5 rings (SSSR count). The molecule has 0 saturated heterocycles. The molecular weight excluding hydrogens is 359 g/mol. The van der Waals surface area contributed by atoms with Gasteiger partial charge in [0.05, 0.1) is 35.6 Å². The minimum atomic E-state index is -0.346. The molecule has 0 saturated carbocycles. The van der Waals surface area contributed by atoms with Gasteiger partial charge in [-0.25, -0.2) is 14.4 Å². The molecule has 140 valence electrons. The summed E-state index contributed by atoms with van der Waals surface area (Å²) in [5.41, 5.74) is 8.86. The van der Waals surface area contributed by atoms with Crippen LogP contribution in [0.2, 0.25) is 0 Å². The van der Waals surface area contributed by atoms with Gasteiger partial charge in [-0.15, -0.1) is 0 Å². The Labute approximate surface area is 160 Å². The summed E-state index contributed by atoms with van der Waals surface area (Å²) in [7, 11) is 0. The molecule has 2 aromatic heterocycles. The molecule has 28 heavy (non-hydrogen) atoms. The predicted molar refractivity (Wildman–Crippen MR) is 104 cm³/mol. The highest BCUT2D eigenvalue weighted by atomic mass is 19.1. The maximum absolute atomic E-state index is 13.7. The molecule has 0 radical (unpaired) electrons. The molecule has 1 aliphatic rings. The normalized spacial score (nSPS) is 15.8. The molecule has 0 bridgehead atoms. The van der Waals surface area contributed by atoms with E-state index in [-0.39, 0.29) is 11.9 Å². The van der Waals surface area contributed by atoms with Gasteiger partial charge in [0.15, 0.2) is 5.82 Å². The fourth-order valence-electron chi connectivity index (χ4n) is 3.41. The Kier molecular flexibility index (Phi) is 3.82. The SMILES string of the molecule is Nc1cnc(-n2cnc3ccc(F)cc32)nc1N[C@@H]1CCOc2ccccc21. The van der Waals surface area contributed by atoms with Gasteiger partial charge in [0.25, 0.3) is 0 Å². The third-order valence-corrected chi connectivity index (χ3v) is 4.80. The van der Waals surface area contributed by atoms with E-state index in [1.165, 1.54) is 12.1 Å². The monoisotopic (exact) mass is 376 g/mol. The van der Waals surface area contributed by atoms with E-state index in [0.29, 0.717) is 35.1 Å². The molecule has 1 aliphatic heterocycles. The summed E-state index contributed by atoms with van der Waals surface area (Å²) < 4.78 is 21.0. The largest absolute Gasteiger partial charge is 0.493 e. The number of ether oxygens (including phenoxy) is 1. The van der Waals surface area contributed by atoms with Gasteiger partial charge in [-0.2, -0.15) is 4.98 Å². The van der Waals surface area contributed by atoms with Crippen molar-refractivity contribution in [2.24, 2.45) is 0 Å². The number of halogens is 1. The Balaban J connectivity index is 1.53. The number of fused-ring (bicyclic) bond motifs is 2. The zero-order valence-corrected chi connectivity index (χ0v) is 14.8. The highest BCUT2D eigenvalue weighted by Crippen LogP contribution is 2.34. The summed E-state index contributed by atoms with van der Waals surface area (Å²) in [5.74, 6) is 1.40. The van der Waals surface area contributed by atoms with E-state index in [1.807, 2.05) is 24.3 Å². The highest BCUT2D eigenvalue weighted by molar-refractivity contribution is 5.77. The van der Waals surface area contributed by atoms with Crippen LogP contribution in [-0.4, -0.2) is 26.1 Å². The van der Waals surface area contributed by atoms with Gasteiger partial charge in [0.2, 0.25) is 5.95 Å². The van der Waals surface area contributed by atoms with Gasteiger partial charge in [0, 0.05) is 18.1 Å². The average molecular weight is 376 g/mol. The standard InChI is InChI=1S/C20H17FN6O/c21-12-5-6-16-17(9-12)27(11-24-16)20-23-10-14(22)19(26-20)25-15-7-8-28-18-4-2-1-3-13(15)18/h1-6,9-11,15H,7-8,22H2,(H,23,25,26)/t15-/m1/s1. The van der Waals surface area contributed by atoms with Gasteiger partial charge in [0.1, 0.15) is 17.9 Å². The number of para-hydroxylation sites is 1. The van der Waals surface area contributed by atoms with Crippen LogP contribution in [0.25, 0.3) is 17.0 Å². The number of benzene rings is 2. The fraction of sp³-hybridized carbons (Fsp3) is 0.150. The van der Waals surface area contributed by atoms with Gasteiger partial charge < -0.3 is 15.8 Å². The van der Waals surface area contributed by atoms with E-state index in [1.54, 1.807) is 23.2 Å². The summed E-state index contributed by atoms with van der Waals surface area (Å²) >= 11 is 0. The van der Waals surface area contributed by atoms with Crippen LogP contribution in [0.4, 0.5) is 15.9 Å². The van der Waals surface area contributed by atoms with E-state index in [0.717, 1.165) is 17.7 Å². The summed E-state index contributed by atoms with van der Waals surface area (Å²) in [6.07, 6.45) is 3.90. The molecule has 7 nitrogen and oxygen atoms in total. The van der Waals surface area contributed by atoms with Crippen molar-refractivity contribution in [3.8, 4) is 11.7 Å². The second-order valence-electron chi connectivity index (χ2n) is 6.59. The first kappa shape index (κ1) is 16.5. The predicted octanol–water partition coefficient (Wildman–Crippen LogP) is 3.47. The number of nitrogens with one attached hydrogen (secondary N) is 1. The van der Waals surface area contributed by atoms with E-state index >= 15 is 0 Å². The van der Waals surface area contributed by atoms with Crippen molar-refractivity contribution in [1.82, 2.24) is 19.5 Å². The van der Waals surface area contributed by atoms with E-state index < -0.39 is 0 Å². The summed E-state index contributed by atoms with van der Waals surface area (Å²) in [6, 6.07) is 12.3. The van der Waals surface area contributed by atoms with Gasteiger partial charge >= 0.3 is 0 Å². The van der Waals surface area contributed by atoms with Crippen molar-refractivity contribution in [3.63, 3.8) is 0 Å². The quantitative estimate of drug-likeness (QED) is 0.569. The van der Waals surface area contributed by atoms with Crippen LogP contribution in [0.1, 0.15) is 18.0 Å².